The van der Waals surface area contributed by atoms with E-state index in [2.05, 4.69) is 12.3 Å². The fraction of sp³-hybridized carbons (Fsp3) is 0.938. The zero-order valence-corrected chi connectivity index (χ0v) is 13.2. The third-order valence-corrected chi connectivity index (χ3v) is 3.80. The molecule has 0 radical (unpaired) electrons. The minimum atomic E-state index is 0.162. The van der Waals surface area contributed by atoms with Gasteiger partial charge >= 0.3 is 0 Å². The van der Waals surface area contributed by atoms with E-state index >= 15 is 0 Å². The number of rotatable bonds is 11. The van der Waals surface area contributed by atoms with E-state index in [9.17, 15) is 4.79 Å². The van der Waals surface area contributed by atoms with Crippen molar-refractivity contribution >= 4 is 5.91 Å². The molecule has 1 aliphatic heterocycles. The van der Waals surface area contributed by atoms with Crippen LogP contribution in [0, 0.1) is 0 Å². The molecule has 0 atom stereocenters. The average molecular weight is 284 g/mol. The number of hydrazine groups is 1. The molecule has 0 saturated carbocycles. The first-order valence-electron chi connectivity index (χ1n) is 8.45. The van der Waals surface area contributed by atoms with Crippen molar-refractivity contribution in [2.24, 2.45) is 0 Å². The maximum Gasteiger partial charge on any atom is 0.234 e. The smallest absolute Gasteiger partial charge is 0.234 e. The number of nitrogens with zero attached hydrogens (tertiary/aromatic N) is 1. The minimum Gasteiger partial charge on any atom is -0.379 e. The summed E-state index contributed by atoms with van der Waals surface area (Å²) in [5, 5.41) is 1.97. The second-order valence-electron chi connectivity index (χ2n) is 5.71. The van der Waals surface area contributed by atoms with Gasteiger partial charge in [0.25, 0.3) is 0 Å². The van der Waals surface area contributed by atoms with Crippen LogP contribution in [0.5, 0.6) is 0 Å². The highest BCUT2D eigenvalue weighted by Crippen LogP contribution is 2.10. The van der Waals surface area contributed by atoms with Crippen LogP contribution < -0.4 is 5.43 Å². The zero-order chi connectivity index (χ0) is 14.5. The van der Waals surface area contributed by atoms with Crippen LogP contribution in [0.2, 0.25) is 0 Å². The van der Waals surface area contributed by atoms with Gasteiger partial charge in [-0.05, 0) is 6.42 Å². The van der Waals surface area contributed by atoms with Crippen molar-refractivity contribution in [2.75, 3.05) is 26.3 Å². The van der Waals surface area contributed by atoms with Crippen LogP contribution in [0.4, 0.5) is 0 Å². The zero-order valence-electron chi connectivity index (χ0n) is 13.2. The van der Waals surface area contributed by atoms with E-state index in [0.29, 0.717) is 6.42 Å². The van der Waals surface area contributed by atoms with Gasteiger partial charge in [-0.25, -0.2) is 5.01 Å². The SMILES string of the molecule is CCCCCCCCCCCC(=O)NN1CCOCC1. The van der Waals surface area contributed by atoms with Crippen LogP contribution >= 0.6 is 0 Å². The van der Waals surface area contributed by atoms with Crippen molar-refractivity contribution in [1.29, 1.82) is 0 Å². The maximum atomic E-state index is 11.7. The van der Waals surface area contributed by atoms with Gasteiger partial charge in [0.2, 0.25) is 5.91 Å². The lowest BCUT2D eigenvalue weighted by Crippen LogP contribution is -2.48. The van der Waals surface area contributed by atoms with E-state index in [-0.39, 0.29) is 5.91 Å². The molecule has 0 aromatic rings. The molecular weight excluding hydrogens is 252 g/mol. The standard InChI is InChI=1S/C16H32N2O2/c1-2-3-4-5-6-7-8-9-10-11-16(19)17-18-12-14-20-15-13-18/h2-15H2,1H3,(H,17,19). The third kappa shape index (κ3) is 9.32. The normalized spacial score (nSPS) is 16.2. The molecule has 1 N–H and O–H groups in total. The number of morpholine rings is 1. The number of ether oxygens (including phenoxy) is 1. The first-order chi connectivity index (χ1) is 9.83. The molecule has 1 fully saturated rings. The summed E-state index contributed by atoms with van der Waals surface area (Å²) in [6.07, 6.45) is 12.3. The fourth-order valence-corrected chi connectivity index (χ4v) is 2.50. The van der Waals surface area contributed by atoms with E-state index in [0.717, 1.165) is 32.7 Å². The van der Waals surface area contributed by atoms with E-state index < -0.39 is 0 Å². The fourth-order valence-electron chi connectivity index (χ4n) is 2.50. The molecule has 0 bridgehead atoms. The lowest BCUT2D eigenvalue weighted by atomic mass is 10.1. The van der Waals surface area contributed by atoms with E-state index in [1.54, 1.807) is 0 Å². The van der Waals surface area contributed by atoms with E-state index in [4.69, 9.17) is 4.74 Å². The number of carbonyl (C=O) groups excluding carboxylic acids is 1. The molecule has 0 aromatic carbocycles. The molecule has 4 heteroatoms. The Hall–Kier alpha value is -0.610. The van der Waals surface area contributed by atoms with E-state index in [1.165, 1.54) is 51.4 Å². The molecule has 118 valence electrons. The molecule has 1 amide bonds. The second-order valence-corrected chi connectivity index (χ2v) is 5.71. The summed E-state index contributed by atoms with van der Waals surface area (Å²) in [5.74, 6) is 0.162. The molecule has 1 rings (SSSR count). The Bertz CT molecular complexity index is 241. The maximum absolute atomic E-state index is 11.7. The number of hydrogen-bond acceptors (Lipinski definition) is 3. The summed E-state index contributed by atoms with van der Waals surface area (Å²) in [6.45, 7) is 5.31. The molecule has 1 aliphatic rings. The van der Waals surface area contributed by atoms with Crippen LogP contribution in [0.3, 0.4) is 0 Å². The predicted molar refractivity (Wildman–Crippen MR) is 82.4 cm³/mol. The number of unbranched alkanes of at least 4 members (excludes halogenated alkanes) is 8. The summed E-state index contributed by atoms with van der Waals surface area (Å²) < 4.78 is 5.25. The Morgan fingerprint density at radius 3 is 2.10 bits per heavy atom. The Morgan fingerprint density at radius 1 is 0.950 bits per heavy atom. The van der Waals surface area contributed by atoms with Crippen LogP contribution in [-0.4, -0.2) is 37.2 Å². The van der Waals surface area contributed by atoms with Gasteiger partial charge in [-0.3, -0.25) is 10.2 Å². The molecule has 0 aliphatic carbocycles. The lowest BCUT2D eigenvalue weighted by Gasteiger charge is -2.26. The van der Waals surface area contributed by atoms with Crippen LogP contribution in [0.15, 0.2) is 0 Å². The van der Waals surface area contributed by atoms with Crippen molar-refractivity contribution < 1.29 is 9.53 Å². The minimum absolute atomic E-state index is 0.162. The monoisotopic (exact) mass is 284 g/mol. The van der Waals surface area contributed by atoms with E-state index in [1.807, 2.05) is 5.01 Å². The van der Waals surface area contributed by atoms with Gasteiger partial charge in [0.15, 0.2) is 0 Å². The van der Waals surface area contributed by atoms with Crippen molar-refractivity contribution in [2.45, 2.75) is 71.1 Å². The summed E-state index contributed by atoms with van der Waals surface area (Å²) in [5.41, 5.74) is 2.96. The topological polar surface area (TPSA) is 41.6 Å². The second kappa shape index (κ2) is 12.2. The van der Waals surface area contributed by atoms with Crippen molar-refractivity contribution in [3.63, 3.8) is 0 Å². The molecule has 1 saturated heterocycles. The quantitative estimate of drug-likeness (QED) is 0.592. The molecule has 0 spiro atoms. The molecule has 0 aromatic heterocycles. The van der Waals surface area contributed by atoms with Crippen molar-refractivity contribution in [1.82, 2.24) is 10.4 Å². The highest BCUT2D eigenvalue weighted by molar-refractivity contribution is 5.75. The van der Waals surface area contributed by atoms with Gasteiger partial charge in [-0.1, -0.05) is 58.3 Å². The average Bonchev–Trinajstić information content (AvgIpc) is 2.46. The first-order valence-corrected chi connectivity index (χ1v) is 8.45. The third-order valence-electron chi connectivity index (χ3n) is 3.80. The number of nitrogens with one attached hydrogen (secondary N) is 1. The Kier molecular flexibility index (Phi) is 10.6. The van der Waals surface area contributed by atoms with Crippen LogP contribution in [0.25, 0.3) is 0 Å². The molecular formula is C16H32N2O2. The number of carbonyl (C=O) groups is 1. The Balaban J connectivity index is 1.84. The summed E-state index contributed by atoms with van der Waals surface area (Å²) >= 11 is 0. The summed E-state index contributed by atoms with van der Waals surface area (Å²) in [6, 6.07) is 0. The van der Waals surface area contributed by atoms with Gasteiger partial charge < -0.3 is 4.74 Å². The predicted octanol–water partition coefficient (Wildman–Crippen LogP) is 3.27. The van der Waals surface area contributed by atoms with Gasteiger partial charge in [0.05, 0.1) is 13.2 Å². The molecule has 1 heterocycles. The Morgan fingerprint density at radius 2 is 1.50 bits per heavy atom. The lowest BCUT2D eigenvalue weighted by molar-refractivity contribution is -0.128. The molecule has 4 nitrogen and oxygen atoms in total. The number of amides is 1. The summed E-state index contributed by atoms with van der Waals surface area (Å²) in [4.78, 5) is 11.7. The van der Waals surface area contributed by atoms with Gasteiger partial charge in [-0.2, -0.15) is 0 Å². The highest BCUT2D eigenvalue weighted by atomic mass is 16.5. The largest absolute Gasteiger partial charge is 0.379 e. The highest BCUT2D eigenvalue weighted by Gasteiger charge is 2.12. The van der Waals surface area contributed by atoms with Crippen LogP contribution in [-0.2, 0) is 9.53 Å². The van der Waals surface area contributed by atoms with Crippen molar-refractivity contribution in [3.05, 3.63) is 0 Å². The van der Waals surface area contributed by atoms with Crippen LogP contribution in [0.1, 0.15) is 71.1 Å². The van der Waals surface area contributed by atoms with Gasteiger partial charge in [0.1, 0.15) is 0 Å². The summed E-state index contributed by atoms with van der Waals surface area (Å²) in [7, 11) is 0. The molecule has 0 unspecified atom stereocenters. The van der Waals surface area contributed by atoms with Gasteiger partial charge in [-0.15, -0.1) is 0 Å². The Labute approximate surface area is 124 Å². The molecule has 20 heavy (non-hydrogen) atoms. The van der Waals surface area contributed by atoms with Crippen molar-refractivity contribution in [3.8, 4) is 0 Å². The first kappa shape index (κ1) is 17.4. The van der Waals surface area contributed by atoms with Gasteiger partial charge in [0, 0.05) is 19.5 Å². The number of hydrogen-bond donors (Lipinski definition) is 1.